The van der Waals surface area contributed by atoms with Gasteiger partial charge in [-0.05, 0) is 43.9 Å². The summed E-state index contributed by atoms with van der Waals surface area (Å²) in [5, 5.41) is 0.593. The highest BCUT2D eigenvalue weighted by Gasteiger charge is 2.40. The lowest BCUT2D eigenvalue weighted by Gasteiger charge is -2.39. The minimum Gasteiger partial charge on any atom is -0.363 e. The number of nitrogens with zero attached hydrogens (tertiary/aromatic N) is 1. The molecule has 2 heterocycles. The molecule has 92 valence electrons. The highest BCUT2D eigenvalue weighted by atomic mass is 35.5. The first-order chi connectivity index (χ1) is 8.15. The molecule has 2 aliphatic heterocycles. The van der Waals surface area contributed by atoms with Gasteiger partial charge in [-0.15, -0.1) is 0 Å². The molecule has 0 aromatic heterocycles. The molecule has 0 aliphatic carbocycles. The monoisotopic (exact) mass is 254 g/mol. The van der Waals surface area contributed by atoms with E-state index in [1.807, 2.05) is 0 Å². The quantitative estimate of drug-likeness (QED) is 0.835. The summed E-state index contributed by atoms with van der Waals surface area (Å²) in [7, 11) is 0. The van der Waals surface area contributed by atoms with E-state index in [0.29, 0.717) is 22.8 Å². The Morgan fingerprint density at radius 2 is 1.88 bits per heavy atom. The molecule has 2 bridgehead atoms. The second-order valence-corrected chi connectivity index (χ2v) is 5.56. The van der Waals surface area contributed by atoms with Crippen LogP contribution in [0.15, 0.2) is 18.2 Å². The van der Waals surface area contributed by atoms with E-state index in [1.165, 1.54) is 6.07 Å². The van der Waals surface area contributed by atoms with E-state index < -0.39 is 0 Å². The van der Waals surface area contributed by atoms with Crippen LogP contribution in [0, 0.1) is 5.82 Å². The van der Waals surface area contributed by atoms with Crippen LogP contribution in [0.3, 0.4) is 0 Å². The van der Waals surface area contributed by atoms with Crippen molar-refractivity contribution >= 4 is 17.3 Å². The summed E-state index contributed by atoms with van der Waals surface area (Å²) in [6.45, 7) is 0. The maximum atomic E-state index is 13.9. The molecule has 0 radical (unpaired) electrons. The first-order valence-corrected chi connectivity index (χ1v) is 6.52. The van der Waals surface area contributed by atoms with Crippen LogP contribution in [-0.4, -0.2) is 18.1 Å². The van der Waals surface area contributed by atoms with Gasteiger partial charge in [0.1, 0.15) is 5.82 Å². The van der Waals surface area contributed by atoms with E-state index in [4.69, 9.17) is 17.3 Å². The highest BCUT2D eigenvalue weighted by Crippen LogP contribution is 2.40. The average Bonchev–Trinajstić information content (AvgIpc) is 2.54. The number of anilines is 1. The van der Waals surface area contributed by atoms with Crippen molar-refractivity contribution in [3.05, 3.63) is 29.0 Å². The van der Waals surface area contributed by atoms with Gasteiger partial charge < -0.3 is 10.6 Å². The van der Waals surface area contributed by atoms with Crippen molar-refractivity contribution in [1.29, 1.82) is 0 Å². The first-order valence-electron chi connectivity index (χ1n) is 6.14. The van der Waals surface area contributed by atoms with Crippen LogP contribution < -0.4 is 10.6 Å². The minimum absolute atomic E-state index is 0.179. The molecule has 0 amide bonds. The molecule has 0 spiro atoms. The summed E-state index contributed by atoms with van der Waals surface area (Å²) in [4.78, 5) is 2.20. The van der Waals surface area contributed by atoms with E-state index in [0.717, 1.165) is 25.7 Å². The second kappa shape index (κ2) is 4.14. The van der Waals surface area contributed by atoms with Gasteiger partial charge in [0.2, 0.25) is 0 Å². The van der Waals surface area contributed by atoms with Crippen molar-refractivity contribution in [3.8, 4) is 0 Å². The fourth-order valence-corrected chi connectivity index (χ4v) is 3.46. The molecule has 0 saturated carbocycles. The van der Waals surface area contributed by atoms with Crippen molar-refractivity contribution in [2.45, 2.75) is 43.8 Å². The Bertz CT molecular complexity index is 423. The van der Waals surface area contributed by atoms with E-state index in [2.05, 4.69) is 4.90 Å². The topological polar surface area (TPSA) is 29.3 Å². The van der Waals surface area contributed by atoms with Gasteiger partial charge in [-0.1, -0.05) is 11.6 Å². The summed E-state index contributed by atoms with van der Waals surface area (Å²) < 4.78 is 13.9. The maximum Gasteiger partial charge on any atom is 0.146 e. The molecule has 17 heavy (non-hydrogen) atoms. The lowest BCUT2D eigenvalue weighted by atomic mass is 9.97. The van der Waals surface area contributed by atoms with Gasteiger partial charge in [-0.2, -0.15) is 0 Å². The molecule has 3 rings (SSSR count). The number of halogens is 2. The first kappa shape index (κ1) is 11.3. The number of nitrogens with two attached hydrogens (primary N) is 1. The molecular weight excluding hydrogens is 239 g/mol. The second-order valence-electron chi connectivity index (χ2n) is 5.12. The fraction of sp³-hybridized carbons (Fsp3) is 0.538. The number of rotatable bonds is 1. The van der Waals surface area contributed by atoms with Gasteiger partial charge in [-0.25, -0.2) is 4.39 Å². The van der Waals surface area contributed by atoms with Gasteiger partial charge in [0, 0.05) is 23.1 Å². The van der Waals surface area contributed by atoms with Gasteiger partial charge >= 0.3 is 0 Å². The summed E-state index contributed by atoms with van der Waals surface area (Å²) in [6.07, 6.45) is 4.15. The zero-order valence-corrected chi connectivity index (χ0v) is 10.3. The molecule has 2 N–H and O–H groups in total. The van der Waals surface area contributed by atoms with Gasteiger partial charge in [0.25, 0.3) is 0 Å². The Labute approximate surface area is 106 Å². The lowest BCUT2D eigenvalue weighted by Crippen LogP contribution is -2.47. The Morgan fingerprint density at radius 1 is 1.24 bits per heavy atom. The lowest BCUT2D eigenvalue weighted by molar-refractivity contribution is 0.410. The van der Waals surface area contributed by atoms with Crippen LogP contribution in [-0.2, 0) is 0 Å². The minimum atomic E-state index is -0.179. The summed E-state index contributed by atoms with van der Waals surface area (Å²) in [5.41, 5.74) is 6.67. The van der Waals surface area contributed by atoms with E-state index >= 15 is 0 Å². The maximum absolute atomic E-state index is 13.9. The van der Waals surface area contributed by atoms with Crippen molar-refractivity contribution in [3.63, 3.8) is 0 Å². The predicted octanol–water partition coefficient (Wildman–Crippen LogP) is 2.94. The third-order valence-electron chi connectivity index (χ3n) is 3.96. The number of piperidine rings is 1. The molecule has 1 aromatic carbocycles. The highest BCUT2D eigenvalue weighted by molar-refractivity contribution is 6.30. The fourth-order valence-electron chi connectivity index (χ4n) is 3.30. The average molecular weight is 255 g/mol. The summed E-state index contributed by atoms with van der Waals surface area (Å²) in [6, 6.07) is 5.82. The SMILES string of the molecule is NC1CC2CCC(C1)N2c1cc(Cl)ccc1F. The normalized spacial score (nSPS) is 31.9. The molecule has 2 nitrogen and oxygen atoms in total. The molecule has 2 saturated heterocycles. The third kappa shape index (κ3) is 1.91. The van der Waals surface area contributed by atoms with Crippen LogP contribution in [0.5, 0.6) is 0 Å². The zero-order valence-electron chi connectivity index (χ0n) is 9.57. The van der Waals surface area contributed by atoms with Crippen molar-refractivity contribution in [1.82, 2.24) is 0 Å². The van der Waals surface area contributed by atoms with Crippen LogP contribution in [0.1, 0.15) is 25.7 Å². The molecular formula is C13H16ClFN2. The largest absolute Gasteiger partial charge is 0.363 e. The summed E-state index contributed by atoms with van der Waals surface area (Å²) >= 11 is 5.96. The molecule has 2 aliphatic rings. The zero-order chi connectivity index (χ0) is 12.0. The van der Waals surface area contributed by atoms with Crippen molar-refractivity contribution < 1.29 is 4.39 Å². The Morgan fingerprint density at radius 3 is 2.53 bits per heavy atom. The van der Waals surface area contributed by atoms with E-state index in [9.17, 15) is 4.39 Å². The standard InChI is InChI=1S/C13H16ClFN2/c14-8-1-4-12(15)13(5-8)17-10-2-3-11(17)7-9(16)6-10/h1,4-5,9-11H,2-3,6-7,16H2. The van der Waals surface area contributed by atoms with Crippen molar-refractivity contribution in [2.75, 3.05) is 4.90 Å². The van der Waals surface area contributed by atoms with Crippen LogP contribution in [0.4, 0.5) is 10.1 Å². The smallest absolute Gasteiger partial charge is 0.146 e. The molecule has 4 heteroatoms. The molecule has 1 aromatic rings. The van der Waals surface area contributed by atoms with Crippen LogP contribution >= 0.6 is 11.6 Å². The van der Waals surface area contributed by atoms with Gasteiger partial charge in [0.05, 0.1) is 5.69 Å². The molecule has 2 fully saturated rings. The Balaban J connectivity index is 1.97. The summed E-state index contributed by atoms with van der Waals surface area (Å²) in [5.74, 6) is -0.179. The van der Waals surface area contributed by atoms with Crippen molar-refractivity contribution in [2.24, 2.45) is 5.73 Å². The van der Waals surface area contributed by atoms with E-state index in [-0.39, 0.29) is 11.9 Å². The molecule has 2 unspecified atom stereocenters. The van der Waals surface area contributed by atoms with E-state index in [1.54, 1.807) is 12.1 Å². The van der Waals surface area contributed by atoms with Crippen LogP contribution in [0.2, 0.25) is 5.02 Å². The van der Waals surface area contributed by atoms with Gasteiger partial charge in [-0.3, -0.25) is 0 Å². The number of fused-ring (bicyclic) bond motifs is 2. The van der Waals surface area contributed by atoms with Gasteiger partial charge in [0.15, 0.2) is 0 Å². The number of hydrogen-bond acceptors (Lipinski definition) is 2. The number of benzene rings is 1. The predicted molar refractivity (Wildman–Crippen MR) is 67.9 cm³/mol. The van der Waals surface area contributed by atoms with Crippen LogP contribution in [0.25, 0.3) is 0 Å². The number of hydrogen-bond donors (Lipinski definition) is 1. The Kier molecular flexibility index (Phi) is 2.75. The Hall–Kier alpha value is -0.800. The third-order valence-corrected chi connectivity index (χ3v) is 4.19. The molecule has 2 atom stereocenters.